The minimum Gasteiger partial charge on any atom is -0.417 e. The van der Waals surface area contributed by atoms with Crippen LogP contribution in [0.15, 0.2) is 29.2 Å². The summed E-state index contributed by atoms with van der Waals surface area (Å²) in [6.45, 7) is 27.6. The number of aliphatic hydroxyl groups is 1. The Morgan fingerprint density at radius 1 is 0.711 bits per heavy atom. The van der Waals surface area contributed by atoms with Gasteiger partial charge in [-0.1, -0.05) is 59.2 Å². The molecule has 10 heteroatoms. The van der Waals surface area contributed by atoms with Crippen LogP contribution in [0, 0.1) is 31.6 Å². The summed E-state index contributed by atoms with van der Waals surface area (Å²) in [7, 11) is -6.92. The zero-order chi connectivity index (χ0) is 35.2. The molecule has 0 aliphatic carbocycles. The molecular weight excluding hydrogens is 621 g/mol. The van der Waals surface area contributed by atoms with Crippen LogP contribution in [0.4, 0.5) is 0 Å². The number of terminal acetylenes is 2. The minimum absolute atomic E-state index is 0.108. The number of ether oxygens (including phenoxy) is 1. The first-order valence-electron chi connectivity index (χ1n) is 16.0. The lowest BCUT2D eigenvalue weighted by Gasteiger charge is -2.36. The highest BCUT2D eigenvalue weighted by Gasteiger charge is 2.37. The van der Waals surface area contributed by atoms with Crippen molar-refractivity contribution >= 4 is 26.8 Å². The first-order valence-corrected chi connectivity index (χ1v) is 23.2. The smallest absolute Gasteiger partial charge is 0.296 e. The summed E-state index contributed by atoms with van der Waals surface area (Å²) in [6.07, 6.45) is 14.6. The molecule has 1 aromatic rings. The lowest BCUT2D eigenvalue weighted by molar-refractivity contribution is 0.131. The van der Waals surface area contributed by atoms with Crippen LogP contribution in [0.2, 0.25) is 36.3 Å². The molecule has 0 aliphatic heterocycles. The largest absolute Gasteiger partial charge is 0.417 e. The Kier molecular flexibility index (Phi) is 23.3. The summed E-state index contributed by atoms with van der Waals surface area (Å²) < 4.78 is 46.6. The number of hydrogen-bond acceptors (Lipinski definition) is 7. The van der Waals surface area contributed by atoms with E-state index < -0.39 is 26.8 Å². The molecule has 0 spiro atoms. The van der Waals surface area contributed by atoms with Gasteiger partial charge in [0.05, 0.1) is 24.7 Å². The van der Waals surface area contributed by atoms with Crippen LogP contribution >= 0.6 is 0 Å². The van der Waals surface area contributed by atoms with E-state index >= 15 is 0 Å². The highest BCUT2D eigenvalue weighted by Crippen LogP contribution is 2.37. The molecule has 0 radical (unpaired) electrons. The predicted octanol–water partition coefficient (Wildman–Crippen LogP) is 8.33. The first kappa shape index (κ1) is 45.6. The summed E-state index contributed by atoms with van der Waals surface area (Å²) >= 11 is 0. The topological polar surface area (TPSA) is 91.3 Å². The van der Waals surface area contributed by atoms with Crippen LogP contribution in [0.25, 0.3) is 0 Å². The molecule has 0 aliphatic rings. The highest BCUT2D eigenvalue weighted by atomic mass is 32.2. The molecule has 1 rings (SSSR count). The third-order valence-corrected chi connectivity index (χ3v) is 18.4. The molecular formula is C35H64O7SSi2. The molecule has 0 unspecified atom stereocenters. The molecule has 1 N–H and O–H groups in total. The van der Waals surface area contributed by atoms with Gasteiger partial charge in [0.1, 0.15) is 0 Å². The normalized spacial score (nSPS) is 12.2. The molecule has 0 saturated heterocycles. The van der Waals surface area contributed by atoms with Gasteiger partial charge in [-0.2, -0.15) is 8.42 Å². The van der Waals surface area contributed by atoms with E-state index in [1.165, 1.54) is 0 Å². The number of aliphatic hydroxyl groups excluding tert-OH is 1. The average molecular weight is 685 g/mol. The molecule has 260 valence electrons. The van der Waals surface area contributed by atoms with E-state index in [4.69, 9.17) is 35.7 Å². The molecule has 0 fully saturated rings. The van der Waals surface area contributed by atoms with Gasteiger partial charge in [-0.3, -0.25) is 4.18 Å². The van der Waals surface area contributed by atoms with Crippen LogP contribution in [0.5, 0.6) is 0 Å². The van der Waals surface area contributed by atoms with E-state index in [9.17, 15) is 8.42 Å². The molecule has 0 heterocycles. The Bertz CT molecular complexity index is 1090. The van der Waals surface area contributed by atoms with E-state index in [1.54, 1.807) is 24.3 Å². The fourth-order valence-corrected chi connectivity index (χ4v) is 5.96. The SMILES string of the molecule is C#CCCO.C#CCCOCCCCO[Si](C)(C)C(C)(C)C.Cc1ccc(S(=O)(=O)OCCCCO[Si](C)(C)C(C)(C)C)cc1. The van der Waals surface area contributed by atoms with Crippen molar-refractivity contribution in [3.63, 3.8) is 0 Å². The Labute approximate surface area is 279 Å². The third-order valence-electron chi connectivity index (χ3n) is 7.95. The lowest BCUT2D eigenvalue weighted by atomic mass is 10.2. The van der Waals surface area contributed by atoms with Crippen molar-refractivity contribution in [2.45, 2.75) is 128 Å². The number of rotatable bonds is 17. The standard InChI is InChI=1S/C17H30O4SSi.C14H28O2Si.C4H6O/c1-15-9-11-16(12-10-15)22(18,19)20-13-7-8-14-21-23(5,6)17(2,3)4;1-7-8-11-15-12-9-10-13-16-17(5,6)14(2,3)4;1-2-3-4-5/h9-12H,7-8,13-14H2,1-6H3;1H,8-13H2,2-6H3;1,5H,3-4H2. The summed E-state index contributed by atoms with van der Waals surface area (Å²) in [5.74, 6) is 4.83. The highest BCUT2D eigenvalue weighted by molar-refractivity contribution is 7.86. The van der Waals surface area contributed by atoms with Crippen molar-refractivity contribution in [3.05, 3.63) is 29.8 Å². The molecule has 45 heavy (non-hydrogen) atoms. The predicted molar refractivity (Wildman–Crippen MR) is 194 cm³/mol. The van der Waals surface area contributed by atoms with E-state index in [0.29, 0.717) is 37.5 Å². The Morgan fingerprint density at radius 3 is 1.51 bits per heavy atom. The quantitative estimate of drug-likeness (QED) is 0.0764. The molecule has 7 nitrogen and oxygen atoms in total. The van der Waals surface area contributed by atoms with Crippen molar-refractivity contribution in [3.8, 4) is 24.7 Å². The van der Waals surface area contributed by atoms with Gasteiger partial charge in [0.25, 0.3) is 10.1 Å². The van der Waals surface area contributed by atoms with Gasteiger partial charge in [0.15, 0.2) is 16.6 Å². The van der Waals surface area contributed by atoms with Crippen LogP contribution in [0.3, 0.4) is 0 Å². The number of hydrogen-bond donors (Lipinski definition) is 1. The maximum Gasteiger partial charge on any atom is 0.296 e. The Hall–Kier alpha value is -1.48. The van der Waals surface area contributed by atoms with Gasteiger partial charge in [-0.05, 0) is 81.0 Å². The summed E-state index contributed by atoms with van der Waals surface area (Å²) in [5.41, 5.74) is 1.02. The monoisotopic (exact) mass is 684 g/mol. The van der Waals surface area contributed by atoms with E-state index in [2.05, 4.69) is 79.6 Å². The zero-order valence-corrected chi connectivity index (χ0v) is 33.1. The van der Waals surface area contributed by atoms with Crippen molar-refractivity contribution in [2.24, 2.45) is 0 Å². The zero-order valence-electron chi connectivity index (χ0n) is 30.3. The fourth-order valence-electron chi connectivity index (χ4n) is 2.84. The maximum atomic E-state index is 12.0. The number of benzene rings is 1. The molecule has 0 amide bonds. The second kappa shape index (κ2) is 22.9. The van der Waals surface area contributed by atoms with Gasteiger partial charge in [-0.25, -0.2) is 0 Å². The second-order valence-corrected chi connectivity index (χ2v) is 25.2. The van der Waals surface area contributed by atoms with Crippen molar-refractivity contribution in [1.29, 1.82) is 0 Å². The number of unbranched alkanes of at least 4 members (excludes halogenated alkanes) is 2. The summed E-state index contributed by atoms with van der Waals surface area (Å²) in [5, 5.41) is 8.42. The van der Waals surface area contributed by atoms with Crippen molar-refractivity contribution in [1.82, 2.24) is 0 Å². The summed E-state index contributed by atoms with van der Waals surface area (Å²) in [6, 6.07) is 6.68. The summed E-state index contributed by atoms with van der Waals surface area (Å²) in [4.78, 5) is 0.209. The second-order valence-electron chi connectivity index (χ2n) is 14.0. The van der Waals surface area contributed by atoms with E-state index in [1.807, 2.05) is 6.92 Å². The minimum atomic E-state index is -3.65. The third kappa shape index (κ3) is 21.9. The van der Waals surface area contributed by atoms with Gasteiger partial charge in [0, 0.05) is 32.7 Å². The van der Waals surface area contributed by atoms with Crippen LogP contribution < -0.4 is 0 Å². The van der Waals surface area contributed by atoms with Crippen molar-refractivity contribution < 1.29 is 31.3 Å². The molecule has 0 atom stereocenters. The number of aryl methyl sites for hydroxylation is 1. The van der Waals surface area contributed by atoms with E-state index in [-0.39, 0.29) is 23.1 Å². The Morgan fingerprint density at radius 2 is 1.13 bits per heavy atom. The van der Waals surface area contributed by atoms with Crippen LogP contribution in [0.1, 0.15) is 85.6 Å². The lowest BCUT2D eigenvalue weighted by Crippen LogP contribution is -2.41. The maximum absolute atomic E-state index is 12.0. The van der Waals surface area contributed by atoms with Crippen LogP contribution in [-0.4, -0.2) is 69.8 Å². The van der Waals surface area contributed by atoms with E-state index in [0.717, 1.165) is 38.0 Å². The first-order chi connectivity index (χ1) is 20.7. The van der Waals surface area contributed by atoms with Gasteiger partial charge in [-0.15, -0.1) is 24.7 Å². The molecule has 0 saturated carbocycles. The van der Waals surface area contributed by atoms with Gasteiger partial charge < -0.3 is 18.7 Å². The van der Waals surface area contributed by atoms with Gasteiger partial charge in [0.2, 0.25) is 0 Å². The van der Waals surface area contributed by atoms with Gasteiger partial charge >= 0.3 is 0 Å². The molecule has 0 aromatic heterocycles. The Balaban J connectivity index is 0. The van der Waals surface area contributed by atoms with Crippen LogP contribution in [-0.2, 0) is 27.9 Å². The fraction of sp³-hybridized carbons (Fsp3) is 0.714. The average Bonchev–Trinajstić information content (AvgIpc) is 2.92. The molecule has 0 bridgehead atoms. The van der Waals surface area contributed by atoms with Crippen molar-refractivity contribution in [2.75, 3.05) is 39.6 Å². The molecule has 1 aromatic carbocycles.